The van der Waals surface area contributed by atoms with Gasteiger partial charge in [0.2, 0.25) is 5.91 Å². The Morgan fingerprint density at radius 3 is 2.81 bits per heavy atom. The van der Waals surface area contributed by atoms with Crippen LogP contribution in [0.2, 0.25) is 0 Å². The van der Waals surface area contributed by atoms with Gasteiger partial charge >= 0.3 is 0 Å². The van der Waals surface area contributed by atoms with Crippen molar-refractivity contribution in [1.29, 1.82) is 0 Å². The lowest BCUT2D eigenvalue weighted by Crippen LogP contribution is -2.46. The topological polar surface area (TPSA) is 50.4 Å². The smallest absolute Gasteiger partial charge is 0.223 e. The lowest BCUT2D eigenvalue weighted by Gasteiger charge is -2.28. The van der Waals surface area contributed by atoms with Gasteiger partial charge in [0.15, 0.2) is 0 Å². The summed E-state index contributed by atoms with van der Waals surface area (Å²) in [5, 5.41) is 6.37. The third-order valence-corrected chi connectivity index (χ3v) is 3.40. The molecule has 118 valence electrons. The molecule has 21 heavy (non-hydrogen) atoms. The van der Waals surface area contributed by atoms with Crippen LogP contribution < -0.4 is 15.4 Å². The molecule has 0 spiro atoms. The first-order valence-electron chi connectivity index (χ1n) is 7.04. The predicted octanol–water partition coefficient (Wildman–Crippen LogP) is 2.27. The molecule has 2 rings (SSSR count). The highest BCUT2D eigenvalue weighted by Crippen LogP contribution is 2.11. The zero-order valence-corrected chi connectivity index (χ0v) is 12.9. The average Bonchev–Trinajstić information content (AvgIpc) is 2.41. The van der Waals surface area contributed by atoms with Crippen molar-refractivity contribution in [2.45, 2.75) is 38.3 Å². The number of hydrogen-bond acceptors (Lipinski definition) is 3. The van der Waals surface area contributed by atoms with Gasteiger partial charge in [0.1, 0.15) is 11.6 Å². The Morgan fingerprint density at radius 2 is 2.14 bits per heavy atom. The summed E-state index contributed by atoms with van der Waals surface area (Å²) < 4.78 is 18.1. The van der Waals surface area contributed by atoms with Gasteiger partial charge in [0.25, 0.3) is 0 Å². The van der Waals surface area contributed by atoms with Crippen LogP contribution in [0.15, 0.2) is 24.3 Å². The van der Waals surface area contributed by atoms with Crippen LogP contribution in [0.5, 0.6) is 5.75 Å². The van der Waals surface area contributed by atoms with Crippen LogP contribution in [0.1, 0.15) is 26.2 Å². The Balaban J connectivity index is 0.00000220. The number of nitrogens with one attached hydrogen (secondary N) is 2. The van der Waals surface area contributed by atoms with E-state index >= 15 is 0 Å². The standard InChI is InChI=1S/C15H21FN2O2.ClH/c1-11-10-13(6-8-17-11)18-15(19)7-9-20-14-4-2-12(16)3-5-14;/h2-5,11,13,17H,6-10H2,1H3,(H,18,19);1H. The molecule has 1 fully saturated rings. The van der Waals surface area contributed by atoms with E-state index in [1.807, 2.05) is 0 Å². The molecular weight excluding hydrogens is 295 g/mol. The Kier molecular flexibility index (Phi) is 7.47. The van der Waals surface area contributed by atoms with Crippen LogP contribution in [0.3, 0.4) is 0 Å². The summed E-state index contributed by atoms with van der Waals surface area (Å²) in [4.78, 5) is 11.8. The SMILES string of the molecule is CC1CC(NC(=O)CCOc2ccc(F)cc2)CCN1.Cl. The molecule has 1 aromatic carbocycles. The number of ether oxygens (including phenoxy) is 1. The minimum Gasteiger partial charge on any atom is -0.493 e. The van der Waals surface area contributed by atoms with E-state index in [0.29, 0.717) is 24.8 Å². The first-order chi connectivity index (χ1) is 9.63. The van der Waals surface area contributed by atoms with E-state index < -0.39 is 0 Å². The fourth-order valence-corrected chi connectivity index (χ4v) is 2.36. The molecule has 4 nitrogen and oxygen atoms in total. The molecule has 2 unspecified atom stereocenters. The van der Waals surface area contributed by atoms with Gasteiger partial charge in [-0.25, -0.2) is 4.39 Å². The van der Waals surface area contributed by atoms with Gasteiger partial charge in [0.05, 0.1) is 13.0 Å². The number of amides is 1. The maximum absolute atomic E-state index is 12.7. The number of carbonyl (C=O) groups excluding carboxylic acids is 1. The van der Waals surface area contributed by atoms with Crippen molar-refractivity contribution in [2.24, 2.45) is 0 Å². The summed E-state index contributed by atoms with van der Waals surface area (Å²) >= 11 is 0. The fraction of sp³-hybridized carbons (Fsp3) is 0.533. The van der Waals surface area contributed by atoms with E-state index in [0.717, 1.165) is 19.4 Å². The van der Waals surface area contributed by atoms with Crippen LogP contribution >= 0.6 is 12.4 Å². The number of halogens is 2. The van der Waals surface area contributed by atoms with Gasteiger partial charge in [0, 0.05) is 12.1 Å². The number of benzene rings is 1. The molecule has 1 aliphatic heterocycles. The second kappa shape index (κ2) is 8.85. The minimum atomic E-state index is -0.296. The van der Waals surface area contributed by atoms with E-state index in [1.54, 1.807) is 12.1 Å². The molecule has 1 amide bonds. The Morgan fingerprint density at radius 1 is 1.43 bits per heavy atom. The molecule has 1 aliphatic rings. The highest BCUT2D eigenvalue weighted by molar-refractivity contribution is 5.85. The molecule has 0 aromatic heterocycles. The molecule has 0 radical (unpaired) electrons. The lowest BCUT2D eigenvalue weighted by atomic mass is 10.0. The summed E-state index contributed by atoms with van der Waals surface area (Å²) in [6, 6.07) is 6.50. The normalized spacial score (nSPS) is 21.2. The minimum absolute atomic E-state index is 0. The molecule has 1 saturated heterocycles. The van der Waals surface area contributed by atoms with Crippen LogP contribution in [-0.2, 0) is 4.79 Å². The zero-order valence-electron chi connectivity index (χ0n) is 12.1. The first kappa shape index (κ1) is 17.7. The van der Waals surface area contributed by atoms with E-state index in [9.17, 15) is 9.18 Å². The molecule has 1 aromatic rings. The Bertz CT molecular complexity index is 442. The van der Waals surface area contributed by atoms with E-state index in [4.69, 9.17) is 4.74 Å². The van der Waals surface area contributed by atoms with Crippen molar-refractivity contribution < 1.29 is 13.9 Å². The van der Waals surface area contributed by atoms with Gasteiger partial charge < -0.3 is 15.4 Å². The highest BCUT2D eigenvalue weighted by atomic mass is 35.5. The first-order valence-corrected chi connectivity index (χ1v) is 7.04. The second-order valence-electron chi connectivity index (χ2n) is 5.20. The summed E-state index contributed by atoms with van der Waals surface area (Å²) in [5.74, 6) is 0.288. The third-order valence-electron chi connectivity index (χ3n) is 3.40. The maximum Gasteiger partial charge on any atom is 0.223 e. The van der Waals surface area contributed by atoms with Gasteiger partial charge in [-0.15, -0.1) is 12.4 Å². The highest BCUT2D eigenvalue weighted by Gasteiger charge is 2.19. The number of piperidine rings is 1. The molecule has 2 N–H and O–H groups in total. The molecule has 0 saturated carbocycles. The Labute approximate surface area is 130 Å². The fourth-order valence-electron chi connectivity index (χ4n) is 2.36. The van der Waals surface area contributed by atoms with Crippen LogP contribution in [0.25, 0.3) is 0 Å². The quantitative estimate of drug-likeness (QED) is 0.876. The van der Waals surface area contributed by atoms with Gasteiger partial charge in [-0.1, -0.05) is 0 Å². The van der Waals surface area contributed by atoms with Gasteiger partial charge in [-0.3, -0.25) is 4.79 Å². The van der Waals surface area contributed by atoms with Crippen molar-refractivity contribution in [1.82, 2.24) is 10.6 Å². The summed E-state index contributed by atoms with van der Waals surface area (Å²) in [7, 11) is 0. The lowest BCUT2D eigenvalue weighted by molar-refractivity contribution is -0.122. The Hall–Kier alpha value is -1.33. The number of carbonyl (C=O) groups is 1. The molecule has 0 bridgehead atoms. The third kappa shape index (κ3) is 6.31. The van der Waals surface area contributed by atoms with E-state index in [2.05, 4.69) is 17.6 Å². The van der Waals surface area contributed by atoms with Crippen molar-refractivity contribution in [3.8, 4) is 5.75 Å². The number of rotatable bonds is 5. The van der Waals surface area contributed by atoms with Gasteiger partial charge in [-0.05, 0) is 50.6 Å². The van der Waals surface area contributed by atoms with E-state index in [-0.39, 0.29) is 30.2 Å². The molecule has 0 aliphatic carbocycles. The monoisotopic (exact) mass is 316 g/mol. The number of hydrogen-bond donors (Lipinski definition) is 2. The van der Waals surface area contributed by atoms with Crippen molar-refractivity contribution >= 4 is 18.3 Å². The van der Waals surface area contributed by atoms with Crippen LogP contribution in [0.4, 0.5) is 4.39 Å². The summed E-state index contributed by atoms with van der Waals surface area (Å²) in [6.07, 6.45) is 2.25. The average molecular weight is 317 g/mol. The van der Waals surface area contributed by atoms with Crippen molar-refractivity contribution in [2.75, 3.05) is 13.2 Å². The molecular formula is C15H22ClFN2O2. The molecule has 1 heterocycles. The maximum atomic E-state index is 12.7. The van der Waals surface area contributed by atoms with Crippen molar-refractivity contribution in [3.05, 3.63) is 30.1 Å². The zero-order chi connectivity index (χ0) is 14.4. The predicted molar refractivity (Wildman–Crippen MR) is 82.4 cm³/mol. The summed E-state index contributed by atoms with van der Waals surface area (Å²) in [6.45, 7) is 3.37. The van der Waals surface area contributed by atoms with E-state index in [1.165, 1.54) is 12.1 Å². The van der Waals surface area contributed by atoms with Gasteiger partial charge in [-0.2, -0.15) is 0 Å². The van der Waals surface area contributed by atoms with Crippen molar-refractivity contribution in [3.63, 3.8) is 0 Å². The van der Waals surface area contributed by atoms with Crippen LogP contribution in [-0.4, -0.2) is 31.1 Å². The second-order valence-corrected chi connectivity index (χ2v) is 5.20. The van der Waals surface area contributed by atoms with Crippen LogP contribution in [0, 0.1) is 5.82 Å². The summed E-state index contributed by atoms with van der Waals surface area (Å²) in [5.41, 5.74) is 0. The largest absolute Gasteiger partial charge is 0.493 e. The molecule has 6 heteroatoms. The molecule has 2 atom stereocenters.